The fraction of sp³-hybridized carbons (Fsp3) is 0.259. The molecule has 0 atom stereocenters. The molecule has 4 rings (SSSR count). The number of carboxylic acid groups (broad SMARTS) is 1. The van der Waals surface area contributed by atoms with Crippen LogP contribution in [0.2, 0.25) is 0 Å². The van der Waals surface area contributed by atoms with Gasteiger partial charge in [-0.05, 0) is 67.1 Å². The number of hydroxylamine groups is 1. The summed E-state index contributed by atoms with van der Waals surface area (Å²) in [6.45, 7) is 0.954. The van der Waals surface area contributed by atoms with Crippen molar-refractivity contribution >= 4 is 17.7 Å². The fourth-order valence-electron chi connectivity index (χ4n) is 3.98. The number of hydrogen-bond acceptors (Lipinski definition) is 5. The van der Waals surface area contributed by atoms with Gasteiger partial charge in [-0.15, -0.1) is 0 Å². The van der Waals surface area contributed by atoms with Gasteiger partial charge in [-0.1, -0.05) is 42.0 Å². The molecule has 1 aromatic heterocycles. The highest BCUT2D eigenvalue weighted by Gasteiger charge is 2.16. The fourth-order valence-corrected chi connectivity index (χ4v) is 3.98. The van der Waals surface area contributed by atoms with Crippen molar-refractivity contribution < 1.29 is 19.5 Å². The topological polar surface area (TPSA) is 71.9 Å². The highest BCUT2D eigenvalue weighted by Crippen LogP contribution is 2.32. The molecule has 0 fully saturated rings. The minimum absolute atomic E-state index is 0.318. The van der Waals surface area contributed by atoms with Gasteiger partial charge in [0.15, 0.2) is 6.61 Å². The number of ether oxygens (including phenoxy) is 1. The number of rotatable bonds is 11. The first-order valence-corrected chi connectivity index (χ1v) is 11.2. The van der Waals surface area contributed by atoms with Crippen LogP contribution in [0.3, 0.4) is 0 Å². The second kappa shape index (κ2) is 11.3. The van der Waals surface area contributed by atoms with Gasteiger partial charge in [-0.25, -0.2) is 4.79 Å². The first kappa shape index (κ1) is 22.6. The van der Waals surface area contributed by atoms with Gasteiger partial charge in [-0.2, -0.15) is 0 Å². The van der Waals surface area contributed by atoms with Crippen molar-refractivity contribution in [3.8, 4) is 5.75 Å². The second-order valence-electron chi connectivity index (χ2n) is 7.98. The molecule has 2 aromatic carbocycles. The maximum Gasteiger partial charge on any atom is 0.341 e. The second-order valence-corrected chi connectivity index (χ2v) is 7.98. The summed E-state index contributed by atoms with van der Waals surface area (Å²) in [4.78, 5) is 21.0. The van der Waals surface area contributed by atoms with E-state index in [1.807, 2.05) is 47.5 Å². The zero-order valence-electron chi connectivity index (χ0n) is 18.5. The summed E-state index contributed by atoms with van der Waals surface area (Å²) in [5.74, 6) is -0.293. The average molecular weight is 445 g/mol. The van der Waals surface area contributed by atoms with Gasteiger partial charge < -0.3 is 9.84 Å². The first-order valence-electron chi connectivity index (χ1n) is 11.2. The number of nitrogens with zero attached hydrogens (tertiary/aromatic N) is 2. The molecule has 0 amide bonds. The summed E-state index contributed by atoms with van der Waals surface area (Å²) in [6, 6.07) is 19.9. The molecule has 0 radical (unpaired) electrons. The zero-order chi connectivity index (χ0) is 22.9. The Morgan fingerprint density at radius 3 is 2.61 bits per heavy atom. The van der Waals surface area contributed by atoms with Gasteiger partial charge in [-0.3, -0.25) is 14.9 Å². The zero-order valence-corrected chi connectivity index (χ0v) is 18.5. The number of pyridine rings is 1. The van der Waals surface area contributed by atoms with Gasteiger partial charge in [0, 0.05) is 24.5 Å². The molecule has 0 aliphatic heterocycles. The normalized spacial score (nSPS) is 12.5. The number of allylic oxidation sites excluding steroid dienone is 1. The molecule has 0 spiro atoms. The molecule has 1 N–H and O–H groups in total. The van der Waals surface area contributed by atoms with E-state index in [1.165, 1.54) is 5.57 Å². The molecule has 170 valence electrons. The molecule has 6 heteroatoms. The number of fused-ring (bicyclic) bond motifs is 1. The number of hydrogen-bond donors (Lipinski definition) is 1. The van der Waals surface area contributed by atoms with E-state index in [-0.39, 0.29) is 6.61 Å². The molecule has 0 bridgehead atoms. The summed E-state index contributed by atoms with van der Waals surface area (Å²) < 4.78 is 5.47. The Bertz CT molecular complexity index is 1080. The number of carboxylic acids is 1. The third kappa shape index (κ3) is 6.43. The van der Waals surface area contributed by atoms with Crippen LogP contribution in [-0.4, -0.2) is 29.2 Å². The molecular weight excluding hydrogens is 416 g/mol. The van der Waals surface area contributed by atoms with E-state index in [0.717, 1.165) is 54.6 Å². The summed E-state index contributed by atoms with van der Waals surface area (Å²) >= 11 is 0. The Morgan fingerprint density at radius 1 is 1.00 bits per heavy atom. The molecule has 3 aromatic rings. The van der Waals surface area contributed by atoms with Crippen molar-refractivity contribution in [2.75, 3.05) is 18.2 Å². The van der Waals surface area contributed by atoms with Crippen molar-refractivity contribution in [1.82, 2.24) is 4.98 Å². The maximum absolute atomic E-state index is 10.8. The Morgan fingerprint density at radius 2 is 1.82 bits per heavy atom. The summed E-state index contributed by atoms with van der Waals surface area (Å²) in [7, 11) is 0. The van der Waals surface area contributed by atoms with Crippen molar-refractivity contribution in [1.29, 1.82) is 0 Å². The van der Waals surface area contributed by atoms with E-state index in [4.69, 9.17) is 14.7 Å². The lowest BCUT2D eigenvalue weighted by molar-refractivity contribution is -0.139. The Kier molecular flexibility index (Phi) is 7.72. The smallest absolute Gasteiger partial charge is 0.341 e. The van der Waals surface area contributed by atoms with Crippen molar-refractivity contribution in [2.24, 2.45) is 0 Å². The third-order valence-electron chi connectivity index (χ3n) is 5.62. The van der Waals surface area contributed by atoms with Gasteiger partial charge in [0.1, 0.15) is 12.4 Å². The predicted molar refractivity (Wildman–Crippen MR) is 128 cm³/mol. The number of benzene rings is 2. The molecule has 0 saturated heterocycles. The molecule has 33 heavy (non-hydrogen) atoms. The number of aromatic nitrogens is 1. The van der Waals surface area contributed by atoms with E-state index in [1.54, 1.807) is 12.4 Å². The standard InChI is InChI=1S/C27H28N2O4/c30-27(31)20-32-26-10-4-7-23-18-21(11-12-25(23)26)6-5-17-29(24-8-2-1-3-9-24)33-19-22-13-15-28-16-14-22/h1-4,7-10,13-16,18H,5-6,11-12,17,19-20H2,(H,30,31). The van der Waals surface area contributed by atoms with E-state index in [2.05, 4.69) is 29.3 Å². The quantitative estimate of drug-likeness (QED) is 0.405. The van der Waals surface area contributed by atoms with Crippen LogP contribution in [-0.2, 0) is 22.7 Å². The first-order chi connectivity index (χ1) is 16.2. The monoisotopic (exact) mass is 444 g/mol. The largest absolute Gasteiger partial charge is 0.482 e. The minimum Gasteiger partial charge on any atom is -0.482 e. The third-order valence-corrected chi connectivity index (χ3v) is 5.62. The van der Waals surface area contributed by atoms with E-state index >= 15 is 0 Å². The number of para-hydroxylation sites is 1. The van der Waals surface area contributed by atoms with E-state index in [0.29, 0.717) is 12.4 Å². The van der Waals surface area contributed by atoms with E-state index in [9.17, 15) is 4.79 Å². The van der Waals surface area contributed by atoms with Gasteiger partial charge in [0.25, 0.3) is 0 Å². The van der Waals surface area contributed by atoms with Crippen molar-refractivity contribution in [3.05, 3.63) is 95.3 Å². The van der Waals surface area contributed by atoms with Crippen LogP contribution in [0.5, 0.6) is 5.75 Å². The van der Waals surface area contributed by atoms with Crippen LogP contribution >= 0.6 is 0 Å². The average Bonchev–Trinajstić information content (AvgIpc) is 2.85. The molecular formula is C27H28N2O4. The molecule has 1 aliphatic carbocycles. The summed E-state index contributed by atoms with van der Waals surface area (Å²) in [6.07, 6.45) is 9.51. The summed E-state index contributed by atoms with van der Waals surface area (Å²) in [5, 5.41) is 10.9. The van der Waals surface area contributed by atoms with Crippen LogP contribution in [0.15, 0.2) is 78.6 Å². The highest BCUT2D eigenvalue weighted by atomic mass is 16.7. The Balaban J connectivity index is 1.37. The van der Waals surface area contributed by atoms with Crippen LogP contribution in [0, 0.1) is 0 Å². The predicted octanol–water partition coefficient (Wildman–Crippen LogP) is 5.29. The molecule has 1 heterocycles. The lowest BCUT2D eigenvalue weighted by Crippen LogP contribution is -2.24. The highest BCUT2D eigenvalue weighted by molar-refractivity contribution is 5.69. The van der Waals surface area contributed by atoms with E-state index < -0.39 is 5.97 Å². The lowest BCUT2D eigenvalue weighted by atomic mass is 9.89. The van der Waals surface area contributed by atoms with Crippen LogP contribution in [0.4, 0.5) is 5.69 Å². The molecule has 6 nitrogen and oxygen atoms in total. The SMILES string of the molecule is O=C(O)COc1cccc2c1CCC(CCCN(OCc1ccncc1)c1ccccc1)=C2. The molecule has 1 aliphatic rings. The van der Waals surface area contributed by atoms with Crippen LogP contribution in [0.25, 0.3) is 6.08 Å². The minimum atomic E-state index is -0.964. The molecule has 0 unspecified atom stereocenters. The Hall–Kier alpha value is -3.64. The van der Waals surface area contributed by atoms with Gasteiger partial charge in [0.2, 0.25) is 0 Å². The maximum atomic E-state index is 10.8. The Labute approximate surface area is 194 Å². The van der Waals surface area contributed by atoms with Gasteiger partial charge in [0.05, 0.1) is 5.69 Å². The number of carbonyl (C=O) groups is 1. The van der Waals surface area contributed by atoms with Crippen LogP contribution in [0.1, 0.15) is 36.0 Å². The number of aliphatic carboxylic acids is 1. The number of anilines is 1. The van der Waals surface area contributed by atoms with Crippen molar-refractivity contribution in [2.45, 2.75) is 32.3 Å². The van der Waals surface area contributed by atoms with Crippen LogP contribution < -0.4 is 9.80 Å². The summed E-state index contributed by atoms with van der Waals surface area (Å²) in [5.41, 5.74) is 5.72. The van der Waals surface area contributed by atoms with Gasteiger partial charge >= 0.3 is 5.97 Å². The molecule has 0 saturated carbocycles. The van der Waals surface area contributed by atoms with Crippen molar-refractivity contribution in [3.63, 3.8) is 0 Å². The lowest BCUT2D eigenvalue weighted by Gasteiger charge is -2.25.